The Balaban J connectivity index is 1.64. The van der Waals surface area contributed by atoms with Gasteiger partial charge in [-0.25, -0.2) is 0 Å². The first kappa shape index (κ1) is 22.8. The van der Waals surface area contributed by atoms with Crippen LogP contribution in [0.1, 0.15) is 59.2 Å². The van der Waals surface area contributed by atoms with Crippen molar-refractivity contribution in [3.8, 4) is 5.69 Å². The molecule has 1 spiro atoms. The number of para-hydroxylation sites is 3. The van der Waals surface area contributed by atoms with Crippen molar-refractivity contribution in [2.24, 2.45) is 0 Å². The Kier molecular flexibility index (Phi) is 4.64. The van der Waals surface area contributed by atoms with Gasteiger partial charge in [-0.2, -0.15) is 0 Å². The van der Waals surface area contributed by atoms with Crippen LogP contribution in [-0.2, 0) is 11.0 Å². The van der Waals surface area contributed by atoms with Crippen LogP contribution >= 0.6 is 0 Å². The highest BCUT2D eigenvalue weighted by Crippen LogP contribution is 2.60. The smallest absolute Gasteiger partial charge is 0.0749 e. The van der Waals surface area contributed by atoms with Gasteiger partial charge in [0, 0.05) is 10.8 Å². The molecule has 0 fully saturated rings. The molecule has 2 heterocycles. The molecule has 1 aromatic heterocycles. The monoisotopic (exact) mass is 504 g/mol. The molecule has 0 saturated carbocycles. The van der Waals surface area contributed by atoms with Crippen LogP contribution in [0.15, 0.2) is 109 Å². The molecule has 2 unspecified atom stereocenters. The summed E-state index contributed by atoms with van der Waals surface area (Å²) in [6.07, 6.45) is 1.09. The summed E-state index contributed by atoms with van der Waals surface area (Å²) in [6.45, 7) is 7.90. The Bertz CT molecular complexity index is 1940. The summed E-state index contributed by atoms with van der Waals surface area (Å²) < 4.78 is 2.52. The molecule has 1 aliphatic carbocycles. The van der Waals surface area contributed by atoms with Gasteiger partial charge in [0.15, 0.2) is 0 Å². The number of aryl methyl sites for hydroxylation is 1. The van der Waals surface area contributed by atoms with Crippen molar-refractivity contribution in [1.82, 2.24) is 9.88 Å². The Morgan fingerprint density at radius 2 is 1.28 bits per heavy atom. The van der Waals surface area contributed by atoms with Crippen LogP contribution in [0, 0.1) is 6.92 Å². The zero-order valence-electron chi connectivity index (χ0n) is 22.8. The second-order valence-corrected chi connectivity index (χ2v) is 11.4. The largest absolute Gasteiger partial charge is 0.309 e. The predicted octanol–water partition coefficient (Wildman–Crippen LogP) is 8.36. The third-order valence-electron chi connectivity index (χ3n) is 9.42. The van der Waals surface area contributed by atoms with Gasteiger partial charge >= 0.3 is 0 Å². The van der Waals surface area contributed by atoms with E-state index in [-0.39, 0.29) is 5.54 Å². The highest BCUT2D eigenvalue weighted by molar-refractivity contribution is 6.12. The number of fused-ring (bicyclic) bond motifs is 11. The summed E-state index contributed by atoms with van der Waals surface area (Å²) in [7, 11) is 0. The molecule has 1 aliphatic heterocycles. The van der Waals surface area contributed by atoms with E-state index in [1.165, 1.54) is 66.4 Å². The standard InChI is InChI=1S/C37H32N2/c1-4-23-38-36(3)27-16-6-7-17-28(27)37(30-19-11-13-24(2)34(30)36)29-18-8-10-22-33(29)39-32-21-9-5-14-25(32)26-15-12-20-31(37)35(26)39/h5-22,38H,4,23H2,1-3H3. The molecule has 5 aromatic carbocycles. The first-order valence-corrected chi connectivity index (χ1v) is 14.2. The van der Waals surface area contributed by atoms with Crippen molar-refractivity contribution in [1.29, 1.82) is 0 Å². The third-order valence-corrected chi connectivity index (χ3v) is 9.42. The maximum Gasteiger partial charge on any atom is 0.0749 e. The fourth-order valence-electron chi connectivity index (χ4n) is 8.01. The lowest BCUT2D eigenvalue weighted by molar-refractivity contribution is 0.409. The molecular formula is C37H32N2. The molecule has 2 aliphatic rings. The van der Waals surface area contributed by atoms with Gasteiger partial charge in [0.2, 0.25) is 0 Å². The number of aromatic nitrogens is 1. The third kappa shape index (κ3) is 2.65. The summed E-state index contributed by atoms with van der Waals surface area (Å²) in [5.74, 6) is 0. The minimum atomic E-state index is -0.425. The molecular weight excluding hydrogens is 472 g/mol. The lowest BCUT2D eigenvalue weighted by Crippen LogP contribution is -2.51. The lowest BCUT2D eigenvalue weighted by Gasteiger charge is -2.51. The Labute approximate surface area is 229 Å². The molecule has 1 N–H and O–H groups in total. The SMILES string of the molecule is CCCNC1(C)c2ccccc2C2(c3ccccc3-n3c4ccccc4c4cccc2c43)c2cccc(C)c21. The van der Waals surface area contributed by atoms with Gasteiger partial charge in [-0.1, -0.05) is 104 Å². The van der Waals surface area contributed by atoms with Gasteiger partial charge < -0.3 is 9.88 Å². The average molecular weight is 505 g/mol. The number of hydrogen-bond acceptors (Lipinski definition) is 1. The van der Waals surface area contributed by atoms with E-state index in [2.05, 4.69) is 140 Å². The van der Waals surface area contributed by atoms with E-state index in [1.54, 1.807) is 0 Å². The molecule has 2 atom stereocenters. The zero-order valence-corrected chi connectivity index (χ0v) is 22.8. The second kappa shape index (κ2) is 7.94. The highest BCUT2D eigenvalue weighted by atomic mass is 15.0. The first-order valence-electron chi connectivity index (χ1n) is 14.2. The van der Waals surface area contributed by atoms with Crippen LogP contribution in [0.25, 0.3) is 27.5 Å². The van der Waals surface area contributed by atoms with Crippen molar-refractivity contribution < 1.29 is 0 Å². The maximum absolute atomic E-state index is 4.01. The molecule has 0 amide bonds. The number of benzene rings is 5. The summed E-state index contributed by atoms with van der Waals surface area (Å²) in [6, 6.07) is 41.1. The van der Waals surface area contributed by atoms with Gasteiger partial charge in [-0.05, 0) is 77.9 Å². The van der Waals surface area contributed by atoms with E-state index in [9.17, 15) is 0 Å². The Morgan fingerprint density at radius 1 is 0.641 bits per heavy atom. The summed E-state index contributed by atoms with van der Waals surface area (Å²) in [5, 5.41) is 6.64. The minimum absolute atomic E-state index is 0.286. The van der Waals surface area contributed by atoms with Crippen molar-refractivity contribution in [3.63, 3.8) is 0 Å². The van der Waals surface area contributed by atoms with Crippen LogP contribution in [0.3, 0.4) is 0 Å². The van der Waals surface area contributed by atoms with Crippen LogP contribution in [0.5, 0.6) is 0 Å². The van der Waals surface area contributed by atoms with E-state index in [4.69, 9.17) is 0 Å². The van der Waals surface area contributed by atoms with Crippen LogP contribution in [-0.4, -0.2) is 11.1 Å². The fraction of sp³-hybridized carbons (Fsp3) is 0.189. The number of nitrogens with zero attached hydrogens (tertiary/aromatic N) is 1. The fourth-order valence-corrected chi connectivity index (χ4v) is 8.01. The van der Waals surface area contributed by atoms with E-state index in [0.29, 0.717) is 0 Å². The zero-order chi connectivity index (χ0) is 26.4. The second-order valence-electron chi connectivity index (χ2n) is 11.4. The van der Waals surface area contributed by atoms with E-state index in [0.717, 1.165) is 13.0 Å². The Morgan fingerprint density at radius 3 is 2.13 bits per heavy atom. The number of nitrogens with one attached hydrogen (secondary N) is 1. The molecule has 2 heteroatoms. The van der Waals surface area contributed by atoms with Gasteiger partial charge in [0.1, 0.15) is 0 Å². The van der Waals surface area contributed by atoms with Crippen LogP contribution in [0.2, 0.25) is 0 Å². The molecule has 0 radical (unpaired) electrons. The molecule has 0 bridgehead atoms. The van der Waals surface area contributed by atoms with Crippen molar-refractivity contribution in [3.05, 3.63) is 148 Å². The van der Waals surface area contributed by atoms with Crippen molar-refractivity contribution >= 4 is 21.8 Å². The van der Waals surface area contributed by atoms with Gasteiger partial charge in [-0.15, -0.1) is 0 Å². The molecule has 2 nitrogen and oxygen atoms in total. The first-order chi connectivity index (χ1) is 19.1. The molecule has 0 saturated heterocycles. The Hall–Kier alpha value is -4.14. The number of hydrogen-bond donors (Lipinski definition) is 1. The maximum atomic E-state index is 4.01. The molecule has 6 aromatic rings. The van der Waals surface area contributed by atoms with Gasteiger partial charge in [-0.3, -0.25) is 0 Å². The van der Waals surface area contributed by atoms with E-state index in [1.807, 2.05) is 0 Å². The van der Waals surface area contributed by atoms with Gasteiger partial charge in [0.25, 0.3) is 0 Å². The van der Waals surface area contributed by atoms with E-state index < -0.39 is 5.41 Å². The summed E-state index contributed by atoms with van der Waals surface area (Å²) >= 11 is 0. The predicted molar refractivity (Wildman–Crippen MR) is 162 cm³/mol. The van der Waals surface area contributed by atoms with Crippen LogP contribution < -0.4 is 5.32 Å². The van der Waals surface area contributed by atoms with Crippen molar-refractivity contribution in [2.75, 3.05) is 6.54 Å². The molecule has 39 heavy (non-hydrogen) atoms. The highest BCUT2D eigenvalue weighted by Gasteiger charge is 2.53. The summed E-state index contributed by atoms with van der Waals surface area (Å²) in [4.78, 5) is 0. The van der Waals surface area contributed by atoms with Crippen LogP contribution in [0.4, 0.5) is 0 Å². The van der Waals surface area contributed by atoms with Gasteiger partial charge in [0.05, 0.1) is 27.7 Å². The van der Waals surface area contributed by atoms with E-state index >= 15 is 0 Å². The average Bonchev–Trinajstić information content (AvgIpc) is 3.32. The van der Waals surface area contributed by atoms with Crippen molar-refractivity contribution in [2.45, 2.75) is 38.1 Å². The summed E-state index contributed by atoms with van der Waals surface area (Å²) in [5.41, 5.74) is 12.8. The lowest BCUT2D eigenvalue weighted by atomic mass is 9.54. The normalized spacial score (nSPS) is 20.7. The topological polar surface area (TPSA) is 17.0 Å². The quantitative estimate of drug-likeness (QED) is 0.256. The molecule has 190 valence electrons. The minimum Gasteiger partial charge on any atom is -0.309 e. The number of rotatable bonds is 3. The molecule has 8 rings (SSSR count).